The van der Waals surface area contributed by atoms with Crippen LogP contribution in [0.25, 0.3) is 10.8 Å². The number of aromatic nitrogens is 3. The Labute approximate surface area is 60.6 Å². The third-order valence-electron chi connectivity index (χ3n) is 1.00. The summed E-state index contributed by atoms with van der Waals surface area (Å²) in [6, 6.07) is 0. The van der Waals surface area contributed by atoms with Gasteiger partial charge >= 0.3 is 0 Å². The second kappa shape index (κ2) is 2.18. The van der Waals surface area contributed by atoms with Crippen LogP contribution < -0.4 is 0 Å². The minimum atomic E-state index is 0.669. The first-order chi connectivity index (χ1) is 4.97. The lowest BCUT2D eigenvalue weighted by Gasteiger charge is -1.80. The van der Waals surface area contributed by atoms with E-state index in [1.54, 1.807) is 11.7 Å². The summed E-state index contributed by atoms with van der Waals surface area (Å²) in [4.78, 5) is 3.75. The summed E-state index contributed by atoms with van der Waals surface area (Å²) in [7, 11) is 0. The van der Waals surface area contributed by atoms with Crippen molar-refractivity contribution in [2.75, 3.05) is 0 Å². The molecule has 0 spiro atoms. The van der Waals surface area contributed by atoms with E-state index in [9.17, 15) is 0 Å². The lowest BCUT2D eigenvalue weighted by atomic mass is 10.5. The molecule has 2 aromatic heterocycles. The van der Waals surface area contributed by atoms with Crippen molar-refractivity contribution in [3.8, 4) is 10.8 Å². The fraction of sp³-hybridized carbons (Fsp3) is 0. The van der Waals surface area contributed by atoms with Crippen LogP contribution in [0.15, 0.2) is 22.5 Å². The van der Waals surface area contributed by atoms with E-state index < -0.39 is 0 Å². The van der Waals surface area contributed by atoms with Crippen LogP contribution in [0, 0.1) is 0 Å². The highest BCUT2D eigenvalue weighted by atomic mass is 32.1. The van der Waals surface area contributed by atoms with Crippen LogP contribution in [0.2, 0.25) is 0 Å². The quantitative estimate of drug-likeness (QED) is 0.617. The Kier molecular flexibility index (Phi) is 1.21. The van der Waals surface area contributed by atoms with E-state index in [4.69, 9.17) is 4.42 Å². The van der Waals surface area contributed by atoms with E-state index in [0.717, 1.165) is 5.01 Å². The number of oxazole rings is 1. The van der Waals surface area contributed by atoms with Crippen LogP contribution in [0.1, 0.15) is 0 Å². The highest BCUT2D eigenvalue weighted by Crippen LogP contribution is 2.18. The van der Waals surface area contributed by atoms with Gasteiger partial charge in [0.05, 0.1) is 6.20 Å². The topological polar surface area (TPSA) is 51.8 Å². The summed E-state index contributed by atoms with van der Waals surface area (Å²) in [6.07, 6.45) is 2.98. The summed E-state index contributed by atoms with van der Waals surface area (Å²) in [5.74, 6) is 0.669. The predicted octanol–water partition coefficient (Wildman–Crippen LogP) is 1.19. The zero-order chi connectivity index (χ0) is 6.81. The van der Waals surface area contributed by atoms with E-state index in [1.807, 2.05) is 0 Å². The van der Waals surface area contributed by atoms with Crippen molar-refractivity contribution in [1.29, 1.82) is 0 Å². The normalized spacial score (nSPS) is 10.0. The predicted molar refractivity (Wildman–Crippen MR) is 35.4 cm³/mol. The van der Waals surface area contributed by atoms with E-state index in [0.29, 0.717) is 5.76 Å². The summed E-state index contributed by atoms with van der Waals surface area (Å²) >= 11 is 1.42. The Hall–Kier alpha value is -1.23. The standard InChI is InChI=1S/C5H3N3OS/c1-4(9-2-6-1)5-8-7-3-10-5/h1-3H. The zero-order valence-corrected chi connectivity index (χ0v) is 5.71. The number of hydrogen-bond acceptors (Lipinski definition) is 5. The molecule has 0 aliphatic rings. The highest BCUT2D eigenvalue weighted by molar-refractivity contribution is 7.12. The van der Waals surface area contributed by atoms with Crippen molar-refractivity contribution >= 4 is 11.3 Å². The van der Waals surface area contributed by atoms with Crippen molar-refractivity contribution in [2.45, 2.75) is 0 Å². The van der Waals surface area contributed by atoms with Crippen molar-refractivity contribution in [3.05, 3.63) is 18.1 Å². The van der Waals surface area contributed by atoms with Gasteiger partial charge < -0.3 is 4.42 Å². The van der Waals surface area contributed by atoms with Gasteiger partial charge in [0, 0.05) is 0 Å². The smallest absolute Gasteiger partial charge is 0.184 e. The Morgan fingerprint density at radius 2 is 2.50 bits per heavy atom. The van der Waals surface area contributed by atoms with E-state index in [-0.39, 0.29) is 0 Å². The Morgan fingerprint density at radius 3 is 3.10 bits per heavy atom. The lowest BCUT2D eigenvalue weighted by Crippen LogP contribution is -1.70. The monoisotopic (exact) mass is 153 g/mol. The van der Waals surface area contributed by atoms with Crippen LogP contribution in [0.5, 0.6) is 0 Å². The fourth-order valence-corrected chi connectivity index (χ4v) is 1.11. The van der Waals surface area contributed by atoms with E-state index in [1.165, 1.54) is 17.7 Å². The molecular weight excluding hydrogens is 150 g/mol. The summed E-state index contributed by atoms with van der Waals surface area (Å²) in [6.45, 7) is 0. The molecule has 0 saturated carbocycles. The van der Waals surface area contributed by atoms with Crippen LogP contribution in [0.3, 0.4) is 0 Å². The molecule has 2 heterocycles. The van der Waals surface area contributed by atoms with Crippen LogP contribution >= 0.6 is 11.3 Å². The lowest BCUT2D eigenvalue weighted by molar-refractivity contribution is 0.571. The van der Waals surface area contributed by atoms with Crippen LogP contribution in [-0.2, 0) is 0 Å². The highest BCUT2D eigenvalue weighted by Gasteiger charge is 2.02. The van der Waals surface area contributed by atoms with Crippen molar-refractivity contribution < 1.29 is 4.42 Å². The van der Waals surface area contributed by atoms with Gasteiger partial charge in [-0.15, -0.1) is 10.2 Å². The Balaban J connectivity index is 2.48. The molecule has 2 rings (SSSR count). The van der Waals surface area contributed by atoms with Gasteiger partial charge in [0.25, 0.3) is 0 Å². The average molecular weight is 153 g/mol. The molecule has 0 atom stereocenters. The van der Waals surface area contributed by atoms with Gasteiger partial charge in [-0.1, -0.05) is 11.3 Å². The molecule has 0 aliphatic heterocycles. The molecule has 0 unspecified atom stereocenters. The van der Waals surface area contributed by atoms with Crippen molar-refractivity contribution in [3.63, 3.8) is 0 Å². The Bertz CT molecular complexity index is 256. The maximum atomic E-state index is 4.97. The molecule has 10 heavy (non-hydrogen) atoms. The number of nitrogens with zero attached hydrogens (tertiary/aromatic N) is 3. The van der Waals surface area contributed by atoms with Crippen LogP contribution in [0.4, 0.5) is 0 Å². The average Bonchev–Trinajstić information content (AvgIpc) is 2.59. The maximum Gasteiger partial charge on any atom is 0.184 e. The molecule has 0 saturated heterocycles. The molecule has 2 aromatic rings. The van der Waals surface area contributed by atoms with Gasteiger partial charge in [0.2, 0.25) is 0 Å². The first-order valence-corrected chi connectivity index (χ1v) is 3.50. The molecule has 0 aromatic carbocycles. The molecule has 0 radical (unpaired) electrons. The third-order valence-corrected chi connectivity index (χ3v) is 1.71. The van der Waals surface area contributed by atoms with Gasteiger partial charge in [-0.2, -0.15) is 0 Å². The molecular formula is C5H3N3OS. The molecule has 5 heteroatoms. The van der Waals surface area contributed by atoms with Crippen molar-refractivity contribution in [2.24, 2.45) is 0 Å². The second-order valence-electron chi connectivity index (χ2n) is 1.61. The zero-order valence-electron chi connectivity index (χ0n) is 4.89. The fourth-order valence-electron chi connectivity index (χ4n) is 0.602. The van der Waals surface area contributed by atoms with Gasteiger partial charge in [-0.3, -0.25) is 0 Å². The first-order valence-electron chi connectivity index (χ1n) is 2.62. The van der Waals surface area contributed by atoms with Gasteiger partial charge in [-0.05, 0) is 0 Å². The second-order valence-corrected chi connectivity index (χ2v) is 2.44. The minimum Gasteiger partial charge on any atom is -0.441 e. The first kappa shape index (κ1) is 5.55. The SMILES string of the molecule is c1ncc(-c2nncs2)o1. The largest absolute Gasteiger partial charge is 0.441 e. The maximum absolute atomic E-state index is 4.97. The molecule has 50 valence electrons. The summed E-state index contributed by atoms with van der Waals surface area (Å²) in [5, 5.41) is 8.21. The molecule has 0 aliphatic carbocycles. The van der Waals surface area contributed by atoms with Gasteiger partial charge in [0.15, 0.2) is 17.2 Å². The van der Waals surface area contributed by atoms with Crippen LogP contribution in [-0.4, -0.2) is 15.2 Å². The molecule has 0 amide bonds. The van der Waals surface area contributed by atoms with E-state index >= 15 is 0 Å². The van der Waals surface area contributed by atoms with Gasteiger partial charge in [-0.25, -0.2) is 4.98 Å². The third kappa shape index (κ3) is 0.801. The number of rotatable bonds is 1. The van der Waals surface area contributed by atoms with Gasteiger partial charge in [0.1, 0.15) is 5.51 Å². The summed E-state index contributed by atoms with van der Waals surface area (Å²) in [5.41, 5.74) is 1.65. The Morgan fingerprint density at radius 1 is 1.50 bits per heavy atom. The molecule has 0 bridgehead atoms. The number of hydrogen-bond donors (Lipinski definition) is 0. The summed E-state index contributed by atoms with van der Waals surface area (Å²) < 4.78 is 4.97. The molecule has 4 nitrogen and oxygen atoms in total. The van der Waals surface area contributed by atoms with Crippen molar-refractivity contribution in [1.82, 2.24) is 15.2 Å². The molecule has 0 fully saturated rings. The minimum absolute atomic E-state index is 0.669. The molecule has 0 N–H and O–H groups in total. The van der Waals surface area contributed by atoms with E-state index in [2.05, 4.69) is 15.2 Å².